The molecule has 1 N–H and O–H groups in total. The number of aromatic nitrogens is 2. The van der Waals surface area contributed by atoms with E-state index in [1.165, 1.54) is 80.5 Å². The number of benzene rings is 7. The monoisotopic (exact) mass is 669 g/mol. The van der Waals surface area contributed by atoms with Crippen molar-refractivity contribution < 1.29 is 0 Å². The number of hydrogen-bond acceptors (Lipinski definition) is 3. The maximum atomic E-state index is 4.24. The minimum absolute atomic E-state index is 1.05. The van der Waals surface area contributed by atoms with Crippen molar-refractivity contribution >= 4 is 99.5 Å². The Morgan fingerprint density at radius 2 is 1.22 bits per heavy atom. The number of anilines is 1. The number of thiophene rings is 1. The Kier molecular flexibility index (Phi) is 7.00. The summed E-state index contributed by atoms with van der Waals surface area (Å²) >= 11 is 1.82. The fourth-order valence-electron chi connectivity index (χ4n) is 7.44. The molecule has 0 saturated heterocycles. The van der Waals surface area contributed by atoms with Crippen LogP contribution in [0, 0.1) is 0 Å². The summed E-state index contributed by atoms with van der Waals surface area (Å²) in [6.45, 7) is 0. The quantitative estimate of drug-likeness (QED) is 0.179. The van der Waals surface area contributed by atoms with Gasteiger partial charge >= 0.3 is 0 Å². The molecule has 0 aliphatic rings. The fraction of sp³-hybridized carbons (Fsp3) is 0. The summed E-state index contributed by atoms with van der Waals surface area (Å²) in [7, 11) is 0. The molecule has 0 unspecified atom stereocenters. The average molecular weight is 670 g/mol. The average Bonchev–Trinajstić information content (AvgIpc) is 3.72. The topological polar surface area (TPSA) is 29.9 Å². The zero-order valence-electron chi connectivity index (χ0n) is 27.6. The first kappa shape index (κ1) is 29.4. The van der Waals surface area contributed by atoms with Crippen molar-refractivity contribution in [2.75, 3.05) is 5.32 Å². The standard InChI is InChI=1S/C47H31N3S/c1-4-10-44-38(7-1)39-8-2-5-11-45(39)50(44)37-21-19-33-17-16-32-15-13-31(27-42(32)43(33)29-37)14-22-47-41(40-9-3-6-12-46(40)51-47)24-26-49-36-20-18-35-30-48-25-23-34(35)28-36/h1-30,49H/b22-14-,26-24+. The van der Waals surface area contributed by atoms with E-state index in [-0.39, 0.29) is 0 Å². The van der Waals surface area contributed by atoms with Gasteiger partial charge in [0.05, 0.1) is 11.0 Å². The molecule has 0 radical (unpaired) electrons. The van der Waals surface area contributed by atoms with Crippen LogP contribution in [0.15, 0.2) is 164 Å². The van der Waals surface area contributed by atoms with Crippen LogP contribution in [0.1, 0.15) is 16.0 Å². The molecule has 10 rings (SSSR count). The Morgan fingerprint density at radius 1 is 0.529 bits per heavy atom. The summed E-state index contributed by atoms with van der Waals surface area (Å²) in [5, 5.41) is 14.6. The van der Waals surface area contributed by atoms with E-state index in [9.17, 15) is 0 Å². The summed E-state index contributed by atoms with van der Waals surface area (Å²) in [6, 6.07) is 52.6. The van der Waals surface area contributed by atoms with E-state index in [2.05, 4.69) is 173 Å². The van der Waals surface area contributed by atoms with Crippen LogP contribution < -0.4 is 5.32 Å². The van der Waals surface area contributed by atoms with Crippen LogP contribution in [-0.2, 0) is 0 Å². The maximum Gasteiger partial charge on any atom is 0.0541 e. The second-order valence-electron chi connectivity index (χ2n) is 12.9. The predicted octanol–water partition coefficient (Wildman–Crippen LogP) is 13.1. The molecule has 0 saturated carbocycles. The second-order valence-corrected chi connectivity index (χ2v) is 14.0. The molecule has 3 aromatic heterocycles. The summed E-state index contributed by atoms with van der Waals surface area (Å²) in [5.41, 5.74) is 7.05. The third-order valence-electron chi connectivity index (χ3n) is 9.92. The van der Waals surface area contributed by atoms with Gasteiger partial charge in [0.2, 0.25) is 0 Å². The van der Waals surface area contributed by atoms with Crippen LogP contribution in [0.25, 0.3) is 88.1 Å². The van der Waals surface area contributed by atoms with Crippen LogP contribution in [0.3, 0.4) is 0 Å². The molecule has 3 nitrogen and oxygen atoms in total. The SMILES string of the molecule is C(=C/c1sc2ccccc2c1/C=C/Nc1ccc2cnccc2c1)/c1ccc2ccc3ccc(-n4c5ccccc5c5ccccc54)cc3c2c1. The first-order valence-corrected chi connectivity index (χ1v) is 18.0. The fourth-order valence-corrected chi connectivity index (χ4v) is 8.54. The highest BCUT2D eigenvalue weighted by atomic mass is 32.1. The van der Waals surface area contributed by atoms with Crippen molar-refractivity contribution in [3.8, 4) is 5.69 Å². The Balaban J connectivity index is 1.03. The van der Waals surface area contributed by atoms with E-state index >= 15 is 0 Å². The van der Waals surface area contributed by atoms with Crippen molar-refractivity contribution in [3.05, 3.63) is 180 Å². The van der Waals surface area contributed by atoms with Gasteiger partial charge in [0, 0.05) is 66.7 Å². The molecule has 0 atom stereocenters. The highest BCUT2D eigenvalue weighted by Gasteiger charge is 2.13. The van der Waals surface area contributed by atoms with Crippen LogP contribution in [0.4, 0.5) is 5.69 Å². The summed E-state index contributed by atoms with van der Waals surface area (Å²) in [4.78, 5) is 5.46. The first-order chi connectivity index (χ1) is 25.3. The molecular formula is C47H31N3S. The van der Waals surface area contributed by atoms with E-state index in [1.54, 1.807) is 0 Å². The summed E-state index contributed by atoms with van der Waals surface area (Å²) < 4.78 is 3.67. The van der Waals surface area contributed by atoms with Gasteiger partial charge in [0.1, 0.15) is 0 Å². The Hall–Kier alpha value is -6.49. The molecule has 4 heteroatoms. The van der Waals surface area contributed by atoms with Gasteiger partial charge in [-0.15, -0.1) is 11.3 Å². The van der Waals surface area contributed by atoms with Gasteiger partial charge in [-0.2, -0.15) is 0 Å². The molecule has 51 heavy (non-hydrogen) atoms. The molecule has 0 bridgehead atoms. The second kappa shape index (κ2) is 12.1. The minimum atomic E-state index is 1.05. The Morgan fingerprint density at radius 3 is 2.04 bits per heavy atom. The number of fused-ring (bicyclic) bond motifs is 8. The van der Waals surface area contributed by atoms with Gasteiger partial charge in [-0.05, 0) is 99.2 Å². The van der Waals surface area contributed by atoms with Crippen LogP contribution in [-0.4, -0.2) is 9.55 Å². The zero-order chi connectivity index (χ0) is 33.7. The third kappa shape index (κ3) is 5.16. The highest BCUT2D eigenvalue weighted by molar-refractivity contribution is 7.20. The molecule has 7 aromatic carbocycles. The van der Waals surface area contributed by atoms with Crippen molar-refractivity contribution in [2.24, 2.45) is 0 Å². The van der Waals surface area contributed by atoms with Crippen molar-refractivity contribution in [1.82, 2.24) is 9.55 Å². The Labute approximate surface area is 299 Å². The van der Waals surface area contributed by atoms with Crippen molar-refractivity contribution in [1.29, 1.82) is 0 Å². The van der Waals surface area contributed by atoms with E-state index in [0.29, 0.717) is 0 Å². The normalized spacial score (nSPS) is 12.2. The molecule has 240 valence electrons. The lowest BCUT2D eigenvalue weighted by Crippen LogP contribution is -1.94. The molecule has 10 aromatic rings. The van der Waals surface area contributed by atoms with Gasteiger partial charge < -0.3 is 9.88 Å². The van der Waals surface area contributed by atoms with Gasteiger partial charge in [0.15, 0.2) is 0 Å². The zero-order valence-corrected chi connectivity index (χ0v) is 28.4. The summed E-state index contributed by atoms with van der Waals surface area (Å²) in [5.74, 6) is 0. The van der Waals surface area contributed by atoms with Crippen LogP contribution in [0.5, 0.6) is 0 Å². The molecule has 0 aliphatic heterocycles. The lowest BCUT2D eigenvalue weighted by Gasteiger charge is -2.11. The van der Waals surface area contributed by atoms with E-state index in [4.69, 9.17) is 0 Å². The van der Waals surface area contributed by atoms with Crippen LogP contribution >= 0.6 is 11.3 Å². The van der Waals surface area contributed by atoms with Crippen LogP contribution in [0.2, 0.25) is 0 Å². The van der Waals surface area contributed by atoms with Gasteiger partial charge in [-0.3, -0.25) is 4.98 Å². The number of rotatable bonds is 6. The third-order valence-corrected chi connectivity index (χ3v) is 11.1. The molecule has 0 fully saturated rings. The van der Waals surface area contributed by atoms with E-state index in [0.717, 1.165) is 11.1 Å². The first-order valence-electron chi connectivity index (χ1n) is 17.2. The molecular weight excluding hydrogens is 639 g/mol. The predicted molar refractivity (Wildman–Crippen MR) is 221 cm³/mol. The summed E-state index contributed by atoms with van der Waals surface area (Å²) in [6.07, 6.45) is 12.5. The molecule has 0 spiro atoms. The molecule has 0 aliphatic carbocycles. The van der Waals surface area contributed by atoms with Crippen molar-refractivity contribution in [2.45, 2.75) is 0 Å². The Bertz CT molecular complexity index is 2960. The minimum Gasteiger partial charge on any atom is -0.362 e. The highest BCUT2D eigenvalue weighted by Crippen LogP contribution is 2.36. The molecule has 0 amide bonds. The van der Waals surface area contributed by atoms with Gasteiger partial charge in [-0.1, -0.05) is 97.1 Å². The van der Waals surface area contributed by atoms with E-state index < -0.39 is 0 Å². The number of para-hydroxylation sites is 2. The lowest BCUT2D eigenvalue weighted by atomic mass is 9.99. The van der Waals surface area contributed by atoms with Gasteiger partial charge in [0.25, 0.3) is 0 Å². The lowest BCUT2D eigenvalue weighted by molar-refractivity contribution is 1.19. The maximum absolute atomic E-state index is 4.24. The number of nitrogens with zero attached hydrogens (tertiary/aromatic N) is 2. The molecule has 3 heterocycles. The van der Waals surface area contributed by atoms with Gasteiger partial charge in [-0.25, -0.2) is 0 Å². The number of pyridine rings is 1. The number of hydrogen-bond donors (Lipinski definition) is 1. The number of nitrogens with one attached hydrogen (secondary N) is 1. The largest absolute Gasteiger partial charge is 0.362 e. The van der Waals surface area contributed by atoms with E-state index in [1.807, 2.05) is 36.0 Å². The van der Waals surface area contributed by atoms with Crippen molar-refractivity contribution in [3.63, 3.8) is 0 Å². The smallest absolute Gasteiger partial charge is 0.0541 e.